The monoisotopic (exact) mass is 267 g/mol. The van der Waals surface area contributed by atoms with Crippen molar-refractivity contribution in [3.8, 4) is 0 Å². The second-order valence-electron chi connectivity index (χ2n) is 4.44. The quantitative estimate of drug-likeness (QED) is 0.767. The van der Waals surface area contributed by atoms with Crippen LogP contribution in [0.4, 0.5) is 0 Å². The van der Waals surface area contributed by atoms with Crippen LogP contribution in [-0.4, -0.2) is 35.9 Å². The van der Waals surface area contributed by atoms with E-state index in [2.05, 4.69) is 0 Å². The van der Waals surface area contributed by atoms with Gasteiger partial charge in [0.15, 0.2) is 0 Å². The third-order valence-corrected chi connectivity index (χ3v) is 3.26. The lowest BCUT2D eigenvalue weighted by atomic mass is 10.1. The zero-order valence-corrected chi connectivity index (χ0v) is 11.1. The molecule has 0 bridgehead atoms. The molecule has 1 saturated heterocycles. The van der Waals surface area contributed by atoms with Crippen LogP contribution in [0.2, 0.25) is 0 Å². The van der Waals surface area contributed by atoms with Gasteiger partial charge in [-0.2, -0.15) is 0 Å². The van der Waals surface area contributed by atoms with Crippen molar-refractivity contribution >= 4 is 17.5 Å². The molecule has 1 fully saturated rings. The number of carbonyl (C=O) groups is 1. The molecule has 1 aromatic rings. The molecule has 3 nitrogen and oxygen atoms in total. The molecular weight excluding hydrogens is 250 g/mol. The summed E-state index contributed by atoms with van der Waals surface area (Å²) < 4.78 is 5.45. The van der Waals surface area contributed by atoms with Gasteiger partial charge in [-0.25, -0.2) is 0 Å². The van der Waals surface area contributed by atoms with Crippen molar-refractivity contribution in [2.45, 2.75) is 25.5 Å². The topological polar surface area (TPSA) is 29.5 Å². The summed E-state index contributed by atoms with van der Waals surface area (Å²) in [6, 6.07) is 9.96. The minimum Gasteiger partial charge on any atom is -0.368 e. The van der Waals surface area contributed by atoms with E-state index in [0.717, 1.165) is 18.4 Å². The summed E-state index contributed by atoms with van der Waals surface area (Å²) in [5.41, 5.74) is 1.12. The Morgan fingerprint density at radius 3 is 2.78 bits per heavy atom. The van der Waals surface area contributed by atoms with Gasteiger partial charge in [-0.3, -0.25) is 4.79 Å². The Kier molecular flexibility index (Phi) is 5.02. The molecule has 1 aliphatic heterocycles. The average molecular weight is 268 g/mol. The number of amides is 1. The fourth-order valence-corrected chi connectivity index (χ4v) is 2.35. The molecule has 1 heterocycles. The van der Waals surface area contributed by atoms with Gasteiger partial charge < -0.3 is 9.64 Å². The zero-order valence-electron chi connectivity index (χ0n) is 10.3. The third kappa shape index (κ3) is 3.47. The lowest BCUT2D eigenvalue weighted by Gasteiger charge is -2.24. The van der Waals surface area contributed by atoms with Gasteiger partial charge in [0, 0.05) is 25.6 Å². The molecule has 0 N–H and O–H groups in total. The normalized spacial score (nSPS) is 18.8. The van der Waals surface area contributed by atoms with Crippen molar-refractivity contribution in [2.75, 3.05) is 19.0 Å². The van der Waals surface area contributed by atoms with Gasteiger partial charge in [0.25, 0.3) is 5.91 Å². The summed E-state index contributed by atoms with van der Waals surface area (Å²) in [4.78, 5) is 14.1. The van der Waals surface area contributed by atoms with E-state index in [1.807, 2.05) is 30.3 Å². The second-order valence-corrected chi connectivity index (χ2v) is 4.81. The van der Waals surface area contributed by atoms with E-state index in [1.165, 1.54) is 0 Å². The van der Waals surface area contributed by atoms with E-state index < -0.39 is 0 Å². The van der Waals surface area contributed by atoms with Crippen LogP contribution in [0.5, 0.6) is 0 Å². The first kappa shape index (κ1) is 13.4. The molecule has 0 aliphatic carbocycles. The van der Waals surface area contributed by atoms with Crippen molar-refractivity contribution in [3.63, 3.8) is 0 Å². The highest BCUT2D eigenvalue weighted by Crippen LogP contribution is 2.16. The van der Waals surface area contributed by atoms with Gasteiger partial charge in [0.2, 0.25) is 0 Å². The molecule has 1 unspecified atom stereocenters. The molecule has 18 heavy (non-hydrogen) atoms. The van der Waals surface area contributed by atoms with Crippen LogP contribution in [0.1, 0.15) is 18.4 Å². The fraction of sp³-hybridized carbons (Fsp3) is 0.500. The van der Waals surface area contributed by atoms with Gasteiger partial charge in [-0.1, -0.05) is 30.3 Å². The van der Waals surface area contributed by atoms with Crippen molar-refractivity contribution < 1.29 is 9.53 Å². The van der Waals surface area contributed by atoms with Crippen LogP contribution in [0.15, 0.2) is 30.3 Å². The Labute approximate surface area is 113 Å². The first-order chi connectivity index (χ1) is 8.81. The minimum absolute atomic E-state index is 0.0667. The van der Waals surface area contributed by atoms with Gasteiger partial charge in [0.05, 0.1) is 0 Å². The van der Waals surface area contributed by atoms with Crippen molar-refractivity contribution in [3.05, 3.63) is 35.9 Å². The van der Waals surface area contributed by atoms with Crippen molar-refractivity contribution in [1.29, 1.82) is 0 Å². The maximum Gasteiger partial charge on any atom is 0.252 e. The molecule has 0 spiro atoms. The first-order valence-electron chi connectivity index (χ1n) is 6.31. The Bertz CT molecular complexity index is 377. The number of alkyl halides is 1. The Morgan fingerprint density at radius 1 is 1.39 bits per heavy atom. The van der Waals surface area contributed by atoms with E-state index in [9.17, 15) is 4.79 Å². The van der Waals surface area contributed by atoms with Crippen LogP contribution >= 0.6 is 11.6 Å². The van der Waals surface area contributed by atoms with Crippen LogP contribution in [-0.2, 0) is 16.1 Å². The summed E-state index contributed by atoms with van der Waals surface area (Å²) >= 11 is 5.78. The van der Waals surface area contributed by atoms with Crippen LogP contribution in [0, 0.1) is 0 Å². The molecular formula is C14H18ClNO2. The molecule has 1 amide bonds. The maximum atomic E-state index is 12.3. The SMILES string of the molecule is O=C(C1CCCO1)N(CCCl)Cc1ccccc1. The van der Waals surface area contributed by atoms with Crippen LogP contribution < -0.4 is 0 Å². The number of hydrogen-bond acceptors (Lipinski definition) is 2. The molecule has 2 rings (SSSR count). The van der Waals surface area contributed by atoms with Crippen molar-refractivity contribution in [1.82, 2.24) is 4.90 Å². The van der Waals surface area contributed by atoms with Crippen LogP contribution in [0.25, 0.3) is 0 Å². The summed E-state index contributed by atoms with van der Waals surface area (Å²) in [7, 11) is 0. The maximum absolute atomic E-state index is 12.3. The second kappa shape index (κ2) is 6.76. The lowest BCUT2D eigenvalue weighted by Crippen LogP contribution is -2.39. The molecule has 0 radical (unpaired) electrons. The highest BCUT2D eigenvalue weighted by molar-refractivity contribution is 6.18. The van der Waals surface area contributed by atoms with Gasteiger partial charge in [0.1, 0.15) is 6.10 Å². The third-order valence-electron chi connectivity index (χ3n) is 3.09. The molecule has 0 aromatic heterocycles. The van der Waals surface area contributed by atoms with Gasteiger partial charge in [-0.05, 0) is 18.4 Å². The van der Waals surface area contributed by atoms with Gasteiger partial charge >= 0.3 is 0 Å². The van der Waals surface area contributed by atoms with E-state index >= 15 is 0 Å². The number of rotatable bonds is 5. The number of nitrogens with zero attached hydrogens (tertiary/aromatic N) is 1. The zero-order chi connectivity index (χ0) is 12.8. The Morgan fingerprint density at radius 2 is 2.17 bits per heavy atom. The van der Waals surface area contributed by atoms with E-state index in [-0.39, 0.29) is 12.0 Å². The van der Waals surface area contributed by atoms with Crippen LogP contribution in [0.3, 0.4) is 0 Å². The molecule has 1 aliphatic rings. The lowest BCUT2D eigenvalue weighted by molar-refractivity contribution is -0.141. The van der Waals surface area contributed by atoms with E-state index in [0.29, 0.717) is 25.6 Å². The van der Waals surface area contributed by atoms with E-state index in [4.69, 9.17) is 16.3 Å². The number of carbonyl (C=O) groups excluding carboxylic acids is 1. The van der Waals surface area contributed by atoms with Gasteiger partial charge in [-0.15, -0.1) is 11.6 Å². The standard InChI is InChI=1S/C14H18ClNO2/c15-8-9-16(11-12-5-2-1-3-6-12)14(17)13-7-4-10-18-13/h1-3,5-6,13H,4,7-11H2. The largest absolute Gasteiger partial charge is 0.368 e. The number of ether oxygens (including phenoxy) is 1. The predicted molar refractivity (Wildman–Crippen MR) is 71.6 cm³/mol. The molecule has 1 atom stereocenters. The molecule has 1 aromatic carbocycles. The summed E-state index contributed by atoms with van der Waals surface area (Å²) in [6.45, 7) is 1.86. The number of hydrogen-bond donors (Lipinski definition) is 0. The fourth-order valence-electron chi connectivity index (χ4n) is 2.15. The van der Waals surface area contributed by atoms with E-state index in [1.54, 1.807) is 4.90 Å². The predicted octanol–water partition coefficient (Wildman–Crippen LogP) is 2.43. The smallest absolute Gasteiger partial charge is 0.252 e. The molecule has 4 heteroatoms. The molecule has 98 valence electrons. The Balaban J connectivity index is 2.00. The van der Waals surface area contributed by atoms with Crippen molar-refractivity contribution in [2.24, 2.45) is 0 Å². The molecule has 0 saturated carbocycles. The number of halogens is 1. The first-order valence-corrected chi connectivity index (χ1v) is 6.85. The summed E-state index contributed by atoms with van der Waals surface area (Å²) in [5.74, 6) is 0.516. The summed E-state index contributed by atoms with van der Waals surface area (Å²) in [5, 5.41) is 0. The average Bonchev–Trinajstić information content (AvgIpc) is 2.92. The summed E-state index contributed by atoms with van der Waals surface area (Å²) in [6.07, 6.45) is 1.53. The number of benzene rings is 1. The Hall–Kier alpha value is -1.06. The minimum atomic E-state index is -0.267. The highest BCUT2D eigenvalue weighted by Gasteiger charge is 2.27. The highest BCUT2D eigenvalue weighted by atomic mass is 35.5.